The highest BCUT2D eigenvalue weighted by molar-refractivity contribution is 6.30. The zero-order valence-corrected chi connectivity index (χ0v) is 13.3. The van der Waals surface area contributed by atoms with E-state index in [1.807, 2.05) is 43.3 Å². The van der Waals surface area contributed by atoms with Crippen molar-refractivity contribution in [3.63, 3.8) is 0 Å². The highest BCUT2D eigenvalue weighted by atomic mass is 35.5. The number of hydrogen-bond donors (Lipinski definition) is 1. The fraction of sp³-hybridized carbons (Fsp3) is 0.278. The van der Waals surface area contributed by atoms with Gasteiger partial charge in [0.25, 0.3) is 0 Å². The van der Waals surface area contributed by atoms with Crippen molar-refractivity contribution in [1.29, 1.82) is 0 Å². The third kappa shape index (κ3) is 5.08. The fourth-order valence-corrected chi connectivity index (χ4v) is 2.34. The van der Waals surface area contributed by atoms with Crippen LogP contribution in [0.4, 0.5) is 0 Å². The van der Waals surface area contributed by atoms with Crippen LogP contribution < -0.4 is 4.74 Å². The third-order valence-corrected chi connectivity index (χ3v) is 3.61. The van der Waals surface area contributed by atoms with Crippen LogP contribution >= 0.6 is 11.6 Å². The van der Waals surface area contributed by atoms with E-state index < -0.39 is 5.97 Å². The van der Waals surface area contributed by atoms with Crippen molar-refractivity contribution in [1.82, 2.24) is 0 Å². The van der Waals surface area contributed by atoms with Gasteiger partial charge in [-0.2, -0.15) is 0 Å². The summed E-state index contributed by atoms with van der Waals surface area (Å²) in [6, 6.07) is 13.5. The molecule has 0 heterocycles. The minimum Gasteiger partial charge on any atom is -0.489 e. The Hall–Kier alpha value is -2.00. The molecule has 1 N–H and O–H groups in total. The average Bonchev–Trinajstić information content (AvgIpc) is 2.48. The van der Waals surface area contributed by atoms with Gasteiger partial charge in [0.15, 0.2) is 0 Å². The Labute approximate surface area is 135 Å². The van der Waals surface area contributed by atoms with Crippen LogP contribution in [0.2, 0.25) is 5.02 Å². The van der Waals surface area contributed by atoms with Crippen molar-refractivity contribution < 1.29 is 14.6 Å². The first-order valence-electron chi connectivity index (χ1n) is 7.23. The van der Waals surface area contributed by atoms with Crippen molar-refractivity contribution in [2.24, 2.45) is 0 Å². The molecule has 0 unspecified atom stereocenters. The Kier molecular flexibility index (Phi) is 5.84. The zero-order valence-electron chi connectivity index (χ0n) is 12.5. The maximum absolute atomic E-state index is 10.6. The lowest BCUT2D eigenvalue weighted by atomic mass is 10.0. The van der Waals surface area contributed by atoms with E-state index >= 15 is 0 Å². The number of carbonyl (C=O) groups is 1. The number of rotatable bonds is 7. The van der Waals surface area contributed by atoms with Crippen molar-refractivity contribution in [3.8, 4) is 5.75 Å². The number of carboxylic acids is 1. The topological polar surface area (TPSA) is 46.5 Å². The number of aliphatic carboxylic acids is 1. The number of benzene rings is 2. The van der Waals surface area contributed by atoms with E-state index in [0.29, 0.717) is 24.5 Å². The molecule has 0 aliphatic rings. The summed E-state index contributed by atoms with van der Waals surface area (Å²) in [4.78, 5) is 10.6. The number of halogens is 1. The fourth-order valence-electron chi connectivity index (χ4n) is 2.22. The highest BCUT2D eigenvalue weighted by Crippen LogP contribution is 2.23. The molecule has 0 bridgehead atoms. The second-order valence-corrected chi connectivity index (χ2v) is 5.71. The number of hydrogen-bond acceptors (Lipinski definition) is 2. The van der Waals surface area contributed by atoms with Crippen LogP contribution in [0.3, 0.4) is 0 Å². The Morgan fingerprint density at radius 3 is 2.59 bits per heavy atom. The molecule has 3 nitrogen and oxygen atoms in total. The summed E-state index contributed by atoms with van der Waals surface area (Å²) in [6.45, 7) is 2.48. The van der Waals surface area contributed by atoms with Gasteiger partial charge in [-0.25, -0.2) is 0 Å². The van der Waals surface area contributed by atoms with Gasteiger partial charge in [0.2, 0.25) is 0 Å². The van der Waals surface area contributed by atoms with Gasteiger partial charge < -0.3 is 9.84 Å². The monoisotopic (exact) mass is 318 g/mol. The molecule has 0 atom stereocenters. The molecule has 0 aliphatic heterocycles. The molecule has 2 aromatic carbocycles. The lowest BCUT2D eigenvalue weighted by Crippen LogP contribution is -2.01. The number of aryl methyl sites for hydroxylation is 2. The minimum atomic E-state index is -0.767. The lowest BCUT2D eigenvalue weighted by Gasteiger charge is -2.12. The molecule has 22 heavy (non-hydrogen) atoms. The van der Waals surface area contributed by atoms with E-state index in [0.717, 1.165) is 22.4 Å². The molecule has 0 aromatic heterocycles. The molecule has 0 amide bonds. The van der Waals surface area contributed by atoms with Crippen molar-refractivity contribution in [2.75, 3.05) is 0 Å². The smallest absolute Gasteiger partial charge is 0.303 e. The Bertz CT molecular complexity index is 635. The lowest BCUT2D eigenvalue weighted by molar-refractivity contribution is -0.137. The summed E-state index contributed by atoms with van der Waals surface area (Å²) in [5.74, 6) is 0.0437. The second kappa shape index (κ2) is 7.85. The van der Waals surface area contributed by atoms with Crippen LogP contribution in [0.25, 0.3) is 0 Å². The standard InChI is InChI=1S/C18H19ClO3/c1-13-5-10-17(15(11-13)3-2-4-18(20)21)22-12-14-6-8-16(19)9-7-14/h5-11H,2-4,12H2,1H3,(H,20,21). The van der Waals surface area contributed by atoms with Gasteiger partial charge in [-0.1, -0.05) is 41.4 Å². The summed E-state index contributed by atoms with van der Waals surface area (Å²) in [5.41, 5.74) is 3.24. The first-order valence-corrected chi connectivity index (χ1v) is 7.61. The Balaban J connectivity index is 2.02. The van der Waals surface area contributed by atoms with Gasteiger partial charge in [-0.3, -0.25) is 4.79 Å². The van der Waals surface area contributed by atoms with Crippen LogP contribution in [-0.4, -0.2) is 11.1 Å². The van der Waals surface area contributed by atoms with Crippen LogP contribution in [0.5, 0.6) is 5.75 Å². The maximum Gasteiger partial charge on any atom is 0.303 e. The quantitative estimate of drug-likeness (QED) is 0.809. The summed E-state index contributed by atoms with van der Waals surface area (Å²) in [5, 5.41) is 9.45. The van der Waals surface area contributed by atoms with Gasteiger partial charge in [-0.05, 0) is 49.1 Å². The molecule has 0 radical (unpaired) electrons. The van der Waals surface area contributed by atoms with E-state index in [-0.39, 0.29) is 6.42 Å². The molecule has 4 heteroatoms. The van der Waals surface area contributed by atoms with Gasteiger partial charge in [0.05, 0.1) is 0 Å². The van der Waals surface area contributed by atoms with Crippen LogP contribution in [-0.2, 0) is 17.8 Å². The highest BCUT2D eigenvalue weighted by Gasteiger charge is 2.06. The van der Waals surface area contributed by atoms with Gasteiger partial charge in [0, 0.05) is 11.4 Å². The van der Waals surface area contributed by atoms with E-state index in [2.05, 4.69) is 6.07 Å². The van der Waals surface area contributed by atoms with Crippen LogP contribution in [0.1, 0.15) is 29.5 Å². The molecular weight excluding hydrogens is 300 g/mol. The predicted molar refractivity (Wildman–Crippen MR) is 87.5 cm³/mol. The van der Waals surface area contributed by atoms with Gasteiger partial charge in [-0.15, -0.1) is 0 Å². The summed E-state index contributed by atoms with van der Waals surface area (Å²) in [6.07, 6.45) is 1.48. The zero-order chi connectivity index (χ0) is 15.9. The minimum absolute atomic E-state index is 0.171. The maximum atomic E-state index is 10.6. The van der Waals surface area contributed by atoms with Gasteiger partial charge in [0.1, 0.15) is 12.4 Å². The summed E-state index contributed by atoms with van der Waals surface area (Å²) >= 11 is 5.87. The van der Waals surface area contributed by atoms with E-state index in [1.54, 1.807) is 0 Å². The first kappa shape index (κ1) is 16.4. The summed E-state index contributed by atoms with van der Waals surface area (Å²) in [7, 11) is 0. The molecule has 0 spiro atoms. The first-order chi connectivity index (χ1) is 10.5. The SMILES string of the molecule is Cc1ccc(OCc2ccc(Cl)cc2)c(CCCC(=O)O)c1. The van der Waals surface area contributed by atoms with Gasteiger partial charge >= 0.3 is 5.97 Å². The van der Waals surface area contributed by atoms with Crippen molar-refractivity contribution >= 4 is 17.6 Å². The van der Waals surface area contributed by atoms with E-state index in [1.165, 1.54) is 0 Å². The molecule has 2 aromatic rings. The van der Waals surface area contributed by atoms with Crippen LogP contribution in [0, 0.1) is 6.92 Å². The molecular formula is C18H19ClO3. The molecule has 0 aliphatic carbocycles. The third-order valence-electron chi connectivity index (χ3n) is 3.36. The molecule has 116 valence electrons. The predicted octanol–water partition coefficient (Wildman–Crippen LogP) is 4.63. The Morgan fingerprint density at radius 1 is 1.18 bits per heavy atom. The summed E-state index contributed by atoms with van der Waals surface area (Å²) < 4.78 is 5.89. The number of carboxylic acid groups (broad SMARTS) is 1. The largest absolute Gasteiger partial charge is 0.489 e. The molecule has 2 rings (SSSR count). The normalized spacial score (nSPS) is 10.5. The van der Waals surface area contributed by atoms with E-state index in [9.17, 15) is 4.79 Å². The Morgan fingerprint density at radius 2 is 1.91 bits per heavy atom. The average molecular weight is 319 g/mol. The molecule has 0 saturated carbocycles. The molecule has 0 saturated heterocycles. The van der Waals surface area contributed by atoms with E-state index in [4.69, 9.17) is 21.4 Å². The van der Waals surface area contributed by atoms with Crippen LogP contribution in [0.15, 0.2) is 42.5 Å². The molecule has 0 fully saturated rings. The second-order valence-electron chi connectivity index (χ2n) is 5.27. The van der Waals surface area contributed by atoms with Crippen molar-refractivity contribution in [2.45, 2.75) is 32.8 Å². The van der Waals surface area contributed by atoms with Crippen molar-refractivity contribution in [3.05, 3.63) is 64.2 Å². The number of ether oxygens (including phenoxy) is 1.